The molecule has 2 rings (SSSR count). The first-order valence-electron chi connectivity index (χ1n) is 6.49. The lowest BCUT2D eigenvalue weighted by Gasteiger charge is -2.27. The van der Waals surface area contributed by atoms with Gasteiger partial charge in [0.05, 0.1) is 5.69 Å². The summed E-state index contributed by atoms with van der Waals surface area (Å²) in [6, 6.07) is 5.10. The molecular formula is C14H21FN2. The summed E-state index contributed by atoms with van der Waals surface area (Å²) in [5.41, 5.74) is 7.59. The summed E-state index contributed by atoms with van der Waals surface area (Å²) in [6.45, 7) is 3.80. The van der Waals surface area contributed by atoms with Crippen LogP contribution in [0, 0.1) is 5.82 Å². The predicted octanol–water partition coefficient (Wildman–Crippen LogP) is 3.23. The second kappa shape index (κ2) is 5.50. The number of nitrogens with zero attached hydrogens (tertiary/aromatic N) is 1. The molecule has 2 nitrogen and oxygen atoms in total. The fraction of sp³-hybridized carbons (Fsp3) is 0.571. The largest absolute Gasteiger partial charge is 0.369 e. The molecule has 0 saturated carbocycles. The van der Waals surface area contributed by atoms with Crippen LogP contribution in [0.5, 0.6) is 0 Å². The van der Waals surface area contributed by atoms with Crippen LogP contribution in [0.4, 0.5) is 10.1 Å². The van der Waals surface area contributed by atoms with Crippen molar-refractivity contribution < 1.29 is 4.39 Å². The van der Waals surface area contributed by atoms with Crippen molar-refractivity contribution in [2.75, 3.05) is 18.0 Å². The number of rotatable bonds is 2. The maximum atomic E-state index is 14.0. The van der Waals surface area contributed by atoms with E-state index in [9.17, 15) is 4.39 Å². The normalized spacial score (nSPS) is 18.9. The first kappa shape index (κ1) is 12.4. The molecule has 2 N–H and O–H groups in total. The number of nitrogens with two attached hydrogens (primary N) is 1. The van der Waals surface area contributed by atoms with E-state index in [0.29, 0.717) is 0 Å². The van der Waals surface area contributed by atoms with E-state index in [2.05, 4.69) is 4.90 Å². The van der Waals surface area contributed by atoms with E-state index in [4.69, 9.17) is 5.73 Å². The van der Waals surface area contributed by atoms with Gasteiger partial charge in [-0.1, -0.05) is 25.0 Å². The highest BCUT2D eigenvalue weighted by Gasteiger charge is 2.18. The van der Waals surface area contributed by atoms with Gasteiger partial charge in [0, 0.05) is 19.1 Å². The Morgan fingerprint density at radius 1 is 1.18 bits per heavy atom. The summed E-state index contributed by atoms with van der Waals surface area (Å²) in [5, 5.41) is 0. The molecule has 0 aromatic heterocycles. The Balaban J connectivity index is 2.34. The molecule has 1 fully saturated rings. The van der Waals surface area contributed by atoms with Gasteiger partial charge >= 0.3 is 0 Å². The van der Waals surface area contributed by atoms with Gasteiger partial charge in [0.1, 0.15) is 5.82 Å². The highest BCUT2D eigenvalue weighted by molar-refractivity contribution is 5.56. The molecule has 1 aromatic rings. The minimum Gasteiger partial charge on any atom is -0.369 e. The van der Waals surface area contributed by atoms with Gasteiger partial charge in [-0.15, -0.1) is 0 Å². The van der Waals surface area contributed by atoms with Crippen molar-refractivity contribution in [3.05, 3.63) is 29.6 Å². The Kier molecular flexibility index (Phi) is 4.00. The lowest BCUT2D eigenvalue weighted by molar-refractivity contribution is 0.610. The number of halogens is 1. The predicted molar refractivity (Wildman–Crippen MR) is 69.7 cm³/mol. The quantitative estimate of drug-likeness (QED) is 0.854. The number of para-hydroxylation sites is 1. The standard InChI is InChI=1S/C14H21FN2/c1-11(16)12-7-6-8-13(15)14(12)17-9-4-2-3-5-10-17/h6-8,11H,2-5,9-10,16H2,1H3/t11-/m0/s1. The second-order valence-corrected chi connectivity index (χ2v) is 4.87. The van der Waals surface area contributed by atoms with Crippen LogP contribution < -0.4 is 10.6 Å². The van der Waals surface area contributed by atoms with E-state index in [1.807, 2.05) is 13.0 Å². The first-order valence-corrected chi connectivity index (χ1v) is 6.49. The molecule has 94 valence electrons. The summed E-state index contributed by atoms with van der Waals surface area (Å²) in [6.07, 6.45) is 4.79. The third-order valence-corrected chi connectivity index (χ3v) is 3.43. The maximum Gasteiger partial charge on any atom is 0.146 e. The van der Waals surface area contributed by atoms with Crippen LogP contribution in [0.15, 0.2) is 18.2 Å². The van der Waals surface area contributed by atoms with Gasteiger partial charge in [-0.3, -0.25) is 0 Å². The molecule has 0 spiro atoms. The second-order valence-electron chi connectivity index (χ2n) is 4.87. The van der Waals surface area contributed by atoms with Gasteiger partial charge < -0.3 is 10.6 Å². The zero-order chi connectivity index (χ0) is 12.3. The lowest BCUT2D eigenvalue weighted by Crippen LogP contribution is -2.27. The van der Waals surface area contributed by atoms with Crippen LogP contribution in [-0.2, 0) is 0 Å². The molecule has 0 radical (unpaired) electrons. The van der Waals surface area contributed by atoms with E-state index in [-0.39, 0.29) is 11.9 Å². The molecule has 1 saturated heterocycles. The fourth-order valence-electron chi connectivity index (χ4n) is 2.53. The van der Waals surface area contributed by atoms with E-state index >= 15 is 0 Å². The van der Waals surface area contributed by atoms with Crippen LogP contribution in [0.25, 0.3) is 0 Å². The third kappa shape index (κ3) is 2.78. The monoisotopic (exact) mass is 236 g/mol. The fourth-order valence-corrected chi connectivity index (χ4v) is 2.53. The van der Waals surface area contributed by atoms with Gasteiger partial charge in [0.2, 0.25) is 0 Å². The van der Waals surface area contributed by atoms with Gasteiger partial charge in [-0.25, -0.2) is 4.39 Å². The van der Waals surface area contributed by atoms with Crippen LogP contribution in [0.2, 0.25) is 0 Å². The summed E-state index contributed by atoms with van der Waals surface area (Å²) >= 11 is 0. The molecule has 0 bridgehead atoms. The Hall–Kier alpha value is -1.09. The summed E-state index contributed by atoms with van der Waals surface area (Å²) in [5.74, 6) is -0.137. The highest BCUT2D eigenvalue weighted by Crippen LogP contribution is 2.30. The zero-order valence-corrected chi connectivity index (χ0v) is 10.5. The zero-order valence-electron chi connectivity index (χ0n) is 10.5. The molecule has 0 aliphatic carbocycles. The van der Waals surface area contributed by atoms with Gasteiger partial charge in [-0.05, 0) is 31.4 Å². The van der Waals surface area contributed by atoms with Crippen molar-refractivity contribution >= 4 is 5.69 Å². The first-order chi connectivity index (χ1) is 8.20. The lowest BCUT2D eigenvalue weighted by atomic mass is 10.1. The molecule has 1 aliphatic heterocycles. The van der Waals surface area contributed by atoms with E-state index in [1.54, 1.807) is 6.07 Å². The molecule has 1 aliphatic rings. The molecule has 1 aromatic carbocycles. The van der Waals surface area contributed by atoms with Crippen LogP contribution in [0.1, 0.15) is 44.2 Å². The molecule has 1 atom stereocenters. The van der Waals surface area contributed by atoms with E-state index in [1.165, 1.54) is 18.9 Å². The Morgan fingerprint density at radius 3 is 2.41 bits per heavy atom. The van der Waals surface area contributed by atoms with Crippen LogP contribution in [0.3, 0.4) is 0 Å². The SMILES string of the molecule is C[C@H](N)c1cccc(F)c1N1CCCCCC1. The summed E-state index contributed by atoms with van der Waals surface area (Å²) < 4.78 is 14.0. The Morgan fingerprint density at radius 2 is 1.82 bits per heavy atom. The van der Waals surface area contributed by atoms with E-state index in [0.717, 1.165) is 37.2 Å². The molecule has 17 heavy (non-hydrogen) atoms. The number of hydrogen-bond acceptors (Lipinski definition) is 2. The average molecular weight is 236 g/mol. The van der Waals surface area contributed by atoms with E-state index < -0.39 is 0 Å². The van der Waals surface area contributed by atoms with Gasteiger partial charge in [-0.2, -0.15) is 0 Å². The van der Waals surface area contributed by atoms with Crippen LogP contribution >= 0.6 is 0 Å². The van der Waals surface area contributed by atoms with Crippen molar-refractivity contribution in [3.63, 3.8) is 0 Å². The van der Waals surface area contributed by atoms with Crippen molar-refractivity contribution in [3.8, 4) is 0 Å². The van der Waals surface area contributed by atoms with Crippen LogP contribution in [-0.4, -0.2) is 13.1 Å². The van der Waals surface area contributed by atoms with Gasteiger partial charge in [0.25, 0.3) is 0 Å². The minimum absolute atomic E-state index is 0.121. The summed E-state index contributed by atoms with van der Waals surface area (Å²) in [7, 11) is 0. The van der Waals surface area contributed by atoms with Gasteiger partial charge in [0.15, 0.2) is 0 Å². The molecule has 0 amide bonds. The smallest absolute Gasteiger partial charge is 0.146 e. The average Bonchev–Trinajstić information content (AvgIpc) is 2.57. The number of anilines is 1. The topological polar surface area (TPSA) is 29.3 Å². The molecule has 3 heteroatoms. The molecule has 1 heterocycles. The Labute approximate surface area is 103 Å². The maximum absolute atomic E-state index is 14.0. The summed E-state index contributed by atoms with van der Waals surface area (Å²) in [4.78, 5) is 2.17. The number of hydrogen-bond donors (Lipinski definition) is 1. The van der Waals surface area contributed by atoms with Crippen molar-refractivity contribution in [2.24, 2.45) is 5.73 Å². The molecule has 0 unspecified atom stereocenters. The number of benzene rings is 1. The highest BCUT2D eigenvalue weighted by atomic mass is 19.1. The third-order valence-electron chi connectivity index (χ3n) is 3.43. The van der Waals surface area contributed by atoms with Crippen molar-refractivity contribution in [1.29, 1.82) is 0 Å². The molecular weight excluding hydrogens is 215 g/mol. The Bertz CT molecular complexity index is 368. The van der Waals surface area contributed by atoms with Crippen molar-refractivity contribution in [1.82, 2.24) is 0 Å². The minimum atomic E-state index is -0.137. The van der Waals surface area contributed by atoms with Crippen molar-refractivity contribution in [2.45, 2.75) is 38.6 Å².